The fraction of sp³-hybridized carbons (Fsp3) is 0.133. The minimum Gasteiger partial charge on any atom is -0.269 e. The lowest BCUT2D eigenvalue weighted by Crippen LogP contribution is -2.29. The van der Waals surface area contributed by atoms with E-state index in [-0.39, 0.29) is 29.5 Å². The minimum absolute atomic E-state index is 0.130. The fourth-order valence-corrected chi connectivity index (χ4v) is 4.68. The summed E-state index contributed by atoms with van der Waals surface area (Å²) in [6.07, 6.45) is 7.14. The van der Waals surface area contributed by atoms with Gasteiger partial charge in [-0.05, 0) is 52.9 Å². The highest BCUT2D eigenvalue weighted by Gasteiger charge is 2.27. The Morgan fingerprint density at radius 3 is 1.19 bits per heavy atom. The van der Waals surface area contributed by atoms with E-state index < -0.39 is 0 Å². The number of hydrogen-bond donors (Lipinski definition) is 0. The second-order valence-corrected chi connectivity index (χ2v) is 8.80. The summed E-state index contributed by atoms with van der Waals surface area (Å²) in [6, 6.07) is 23.3. The third kappa shape index (κ3) is 4.29. The third-order valence-electron chi connectivity index (χ3n) is 6.44. The molecule has 0 aromatic heterocycles. The molecule has 4 amide bonds. The second kappa shape index (κ2) is 9.58. The molecule has 0 N–H and O–H groups in total. The van der Waals surface area contributed by atoms with E-state index in [0.29, 0.717) is 11.4 Å². The van der Waals surface area contributed by atoms with Crippen LogP contribution >= 0.6 is 0 Å². The monoisotopic (exact) mass is 476 g/mol. The van der Waals surface area contributed by atoms with Crippen molar-refractivity contribution in [2.75, 3.05) is 9.80 Å². The molecule has 36 heavy (non-hydrogen) atoms. The van der Waals surface area contributed by atoms with Crippen LogP contribution in [0, 0.1) is 0 Å². The molecule has 2 heterocycles. The Bertz CT molecular complexity index is 1280. The van der Waals surface area contributed by atoms with Crippen LogP contribution in [0.3, 0.4) is 0 Å². The molecular weight excluding hydrogens is 452 g/mol. The van der Waals surface area contributed by atoms with Gasteiger partial charge in [0.15, 0.2) is 0 Å². The molecule has 2 aliphatic rings. The van der Waals surface area contributed by atoms with Crippen LogP contribution in [0.1, 0.15) is 41.5 Å². The van der Waals surface area contributed by atoms with Crippen LogP contribution in [0.4, 0.5) is 11.4 Å². The molecule has 2 aliphatic heterocycles. The second-order valence-electron chi connectivity index (χ2n) is 8.80. The lowest BCUT2D eigenvalue weighted by Gasteiger charge is -2.22. The smallest absolute Gasteiger partial charge is 0.258 e. The summed E-state index contributed by atoms with van der Waals surface area (Å²) in [5, 5.41) is 0. The highest BCUT2D eigenvalue weighted by molar-refractivity contribution is 6.28. The van der Waals surface area contributed by atoms with Crippen LogP contribution in [0.2, 0.25) is 0 Å². The Hall–Kier alpha value is -4.58. The van der Waals surface area contributed by atoms with Gasteiger partial charge in [-0.25, -0.2) is 9.80 Å². The molecule has 0 saturated carbocycles. The average molecular weight is 477 g/mol. The molecule has 0 bridgehead atoms. The Labute approximate surface area is 209 Å². The number of carbonyl (C=O) groups excluding carboxylic acids is 4. The van der Waals surface area contributed by atoms with Crippen LogP contribution in [-0.4, -0.2) is 23.6 Å². The van der Waals surface area contributed by atoms with Gasteiger partial charge in [0.05, 0.1) is 11.4 Å². The van der Waals surface area contributed by atoms with Crippen molar-refractivity contribution in [1.29, 1.82) is 0 Å². The average Bonchev–Trinajstić information content (AvgIpc) is 3.41. The van der Waals surface area contributed by atoms with Gasteiger partial charge in [0.2, 0.25) is 0 Å². The zero-order valence-corrected chi connectivity index (χ0v) is 19.8. The van der Waals surface area contributed by atoms with Gasteiger partial charge in [0.1, 0.15) is 0 Å². The first kappa shape index (κ1) is 23.2. The number of anilines is 2. The standard InChI is InChI=1S/C30H24N2O4/c1-2-3-20-4-6-21(7-5-20)30(22-8-12-24(13-9-22)31-26(33)16-17-27(31)34)23-10-14-25(15-11-23)32-28(35)18-19-29(32)36/h4-19,30H,2-3H2,1H3. The van der Waals surface area contributed by atoms with Crippen LogP contribution in [0.5, 0.6) is 0 Å². The first-order valence-electron chi connectivity index (χ1n) is 11.9. The quantitative estimate of drug-likeness (QED) is 0.367. The highest BCUT2D eigenvalue weighted by atomic mass is 16.2. The van der Waals surface area contributed by atoms with Crippen molar-refractivity contribution in [3.63, 3.8) is 0 Å². The molecule has 0 unspecified atom stereocenters. The summed E-state index contributed by atoms with van der Waals surface area (Å²) in [6.45, 7) is 2.15. The molecule has 0 fully saturated rings. The number of hydrogen-bond acceptors (Lipinski definition) is 4. The Balaban J connectivity index is 1.50. The summed E-state index contributed by atoms with van der Waals surface area (Å²) in [5.74, 6) is -1.55. The normalized spacial score (nSPS) is 15.2. The predicted molar refractivity (Wildman–Crippen MR) is 138 cm³/mol. The minimum atomic E-state index is -0.355. The molecule has 178 valence electrons. The van der Waals surface area contributed by atoms with E-state index >= 15 is 0 Å². The number of aryl methyl sites for hydroxylation is 1. The summed E-state index contributed by atoms with van der Waals surface area (Å²) < 4.78 is 0. The van der Waals surface area contributed by atoms with Gasteiger partial charge in [0, 0.05) is 30.2 Å². The van der Waals surface area contributed by atoms with E-state index in [1.807, 2.05) is 24.3 Å². The molecule has 6 nitrogen and oxygen atoms in total. The maximum atomic E-state index is 12.1. The molecule has 5 rings (SSSR count). The molecule has 6 heteroatoms. The predicted octanol–water partition coefficient (Wildman–Crippen LogP) is 4.68. The molecule has 0 radical (unpaired) electrons. The topological polar surface area (TPSA) is 74.8 Å². The van der Waals surface area contributed by atoms with Crippen molar-refractivity contribution in [3.05, 3.63) is 119 Å². The SMILES string of the molecule is CCCc1ccc(C(c2ccc(N3C(=O)C=CC3=O)cc2)c2ccc(N3C(=O)C=CC3=O)cc2)cc1. The number of imide groups is 2. The van der Waals surface area contributed by atoms with E-state index in [1.165, 1.54) is 29.9 Å². The molecule has 3 aromatic carbocycles. The molecular formula is C30H24N2O4. The van der Waals surface area contributed by atoms with Crippen molar-refractivity contribution >= 4 is 35.0 Å². The van der Waals surface area contributed by atoms with Gasteiger partial charge in [-0.3, -0.25) is 19.2 Å². The number of nitrogens with zero attached hydrogens (tertiary/aromatic N) is 2. The maximum absolute atomic E-state index is 12.1. The molecule has 0 saturated heterocycles. The third-order valence-corrected chi connectivity index (χ3v) is 6.44. The van der Waals surface area contributed by atoms with Gasteiger partial charge >= 0.3 is 0 Å². The van der Waals surface area contributed by atoms with E-state index in [9.17, 15) is 19.2 Å². The lowest BCUT2D eigenvalue weighted by molar-refractivity contribution is -0.121. The first-order chi connectivity index (χ1) is 17.5. The summed E-state index contributed by atoms with van der Waals surface area (Å²) in [4.78, 5) is 50.6. The Kier molecular flexibility index (Phi) is 6.17. The number of rotatable bonds is 7. The largest absolute Gasteiger partial charge is 0.269 e. The van der Waals surface area contributed by atoms with Crippen LogP contribution in [0.15, 0.2) is 97.1 Å². The molecule has 3 aromatic rings. The van der Waals surface area contributed by atoms with E-state index in [0.717, 1.165) is 39.3 Å². The van der Waals surface area contributed by atoms with Gasteiger partial charge in [-0.15, -0.1) is 0 Å². The summed E-state index contributed by atoms with van der Waals surface area (Å²) >= 11 is 0. The van der Waals surface area contributed by atoms with Crippen molar-refractivity contribution in [3.8, 4) is 0 Å². The van der Waals surface area contributed by atoms with E-state index in [2.05, 4.69) is 31.2 Å². The summed E-state index contributed by atoms with van der Waals surface area (Å²) in [5.41, 5.74) is 5.35. The van der Waals surface area contributed by atoms with E-state index in [4.69, 9.17) is 0 Å². The van der Waals surface area contributed by atoms with Crippen LogP contribution in [-0.2, 0) is 25.6 Å². The zero-order chi connectivity index (χ0) is 25.2. The van der Waals surface area contributed by atoms with E-state index in [1.54, 1.807) is 24.3 Å². The molecule has 0 aliphatic carbocycles. The Morgan fingerprint density at radius 1 is 0.528 bits per heavy atom. The van der Waals surface area contributed by atoms with Gasteiger partial charge in [-0.1, -0.05) is 61.9 Å². The fourth-order valence-electron chi connectivity index (χ4n) is 4.68. The lowest BCUT2D eigenvalue weighted by atomic mass is 9.84. The molecule has 0 spiro atoms. The highest BCUT2D eigenvalue weighted by Crippen LogP contribution is 2.35. The maximum Gasteiger partial charge on any atom is 0.258 e. The number of amides is 4. The van der Waals surface area contributed by atoms with Crippen molar-refractivity contribution < 1.29 is 19.2 Å². The van der Waals surface area contributed by atoms with Crippen LogP contribution < -0.4 is 9.80 Å². The summed E-state index contributed by atoms with van der Waals surface area (Å²) in [7, 11) is 0. The van der Waals surface area contributed by atoms with Crippen LogP contribution in [0.25, 0.3) is 0 Å². The zero-order valence-electron chi connectivity index (χ0n) is 19.8. The van der Waals surface area contributed by atoms with Crippen molar-refractivity contribution in [2.45, 2.75) is 25.7 Å². The Morgan fingerprint density at radius 2 is 0.861 bits per heavy atom. The van der Waals surface area contributed by atoms with Crippen molar-refractivity contribution in [1.82, 2.24) is 0 Å². The number of benzene rings is 3. The van der Waals surface area contributed by atoms with Gasteiger partial charge < -0.3 is 0 Å². The van der Waals surface area contributed by atoms with Gasteiger partial charge in [-0.2, -0.15) is 0 Å². The molecule has 0 atom stereocenters. The van der Waals surface area contributed by atoms with Gasteiger partial charge in [0.25, 0.3) is 23.6 Å². The first-order valence-corrected chi connectivity index (χ1v) is 11.9. The van der Waals surface area contributed by atoms with Crippen molar-refractivity contribution in [2.24, 2.45) is 0 Å². The number of carbonyl (C=O) groups is 4.